The predicted molar refractivity (Wildman–Crippen MR) is 142 cm³/mol. The monoisotopic (exact) mass is 659 g/mol. The van der Waals surface area contributed by atoms with Gasteiger partial charge >= 0.3 is 30.5 Å². The van der Waals surface area contributed by atoms with Crippen LogP contribution in [0.4, 0.5) is 50.0 Å². The number of carbonyl (C=O) groups is 2. The minimum Gasteiger partial charge on any atom is -0.493 e. The Morgan fingerprint density at radius 1 is 0.889 bits per heavy atom. The molecule has 3 N–H and O–H groups in total. The predicted octanol–water partition coefficient (Wildman–Crippen LogP) is 6.69. The number of benzene rings is 2. The average molecular weight is 660 g/mol. The molecule has 3 atom stereocenters. The summed E-state index contributed by atoms with van der Waals surface area (Å²) in [6.45, 7) is 0.836. The maximum absolute atomic E-state index is 13.2. The van der Waals surface area contributed by atoms with E-state index in [1.807, 2.05) is 25.2 Å². The molecule has 17 heteroatoms. The average Bonchev–Trinajstić information content (AvgIpc) is 3.28. The second-order valence-corrected chi connectivity index (χ2v) is 10.6. The molecule has 250 valence electrons. The molecule has 2 fully saturated rings. The zero-order chi connectivity index (χ0) is 34.0. The number of amides is 2. The summed E-state index contributed by atoms with van der Waals surface area (Å²) in [6, 6.07) is 5.73. The fraction of sp³-hybridized carbons (Fsp3) is 0.500. The van der Waals surface area contributed by atoms with Gasteiger partial charge in [-0.25, -0.2) is 9.59 Å². The summed E-state index contributed by atoms with van der Waals surface area (Å²) in [5, 5.41) is 12.0. The van der Waals surface area contributed by atoms with Crippen LogP contribution in [0.1, 0.15) is 42.4 Å². The van der Waals surface area contributed by atoms with Gasteiger partial charge in [-0.2, -0.15) is 39.5 Å². The maximum atomic E-state index is 13.2. The highest BCUT2D eigenvalue weighted by Crippen LogP contribution is 2.50. The molecule has 2 aromatic carbocycles. The topological polar surface area (TPSA) is 100 Å². The highest BCUT2D eigenvalue weighted by atomic mass is 19.4. The molecular weight excluding hydrogens is 629 g/mol. The number of hydrogen-bond acceptors (Lipinski definition) is 5. The molecule has 2 amide bonds. The number of carbonyl (C=O) groups excluding carboxylic acids is 1. The Labute approximate surface area is 251 Å². The normalized spacial score (nSPS) is 22.0. The minimum atomic E-state index is -5.08. The van der Waals surface area contributed by atoms with Gasteiger partial charge < -0.3 is 30.1 Å². The minimum absolute atomic E-state index is 0.0217. The first kappa shape index (κ1) is 35.6. The van der Waals surface area contributed by atoms with E-state index in [9.17, 15) is 44.3 Å². The van der Waals surface area contributed by atoms with Gasteiger partial charge in [-0.1, -0.05) is 6.07 Å². The molecule has 0 spiro atoms. The molecule has 0 aromatic heterocycles. The third kappa shape index (κ3) is 8.43. The summed E-state index contributed by atoms with van der Waals surface area (Å²) < 4.78 is 122. The van der Waals surface area contributed by atoms with E-state index >= 15 is 0 Å². The number of methoxy groups -OCH3 is 2. The molecule has 2 aliphatic rings. The van der Waals surface area contributed by atoms with Crippen LogP contribution in [-0.4, -0.2) is 68.1 Å². The highest BCUT2D eigenvalue weighted by molar-refractivity contribution is 5.89. The van der Waals surface area contributed by atoms with E-state index in [0.29, 0.717) is 36.5 Å². The van der Waals surface area contributed by atoms with Gasteiger partial charge in [0.05, 0.1) is 25.3 Å². The first-order valence-electron chi connectivity index (χ1n) is 13.3. The van der Waals surface area contributed by atoms with Crippen molar-refractivity contribution >= 4 is 17.7 Å². The van der Waals surface area contributed by atoms with Crippen molar-refractivity contribution in [3.63, 3.8) is 0 Å². The summed E-state index contributed by atoms with van der Waals surface area (Å²) in [5.41, 5.74) is -2.67. The van der Waals surface area contributed by atoms with Crippen molar-refractivity contribution in [2.45, 2.75) is 61.7 Å². The Hall–Kier alpha value is -3.89. The van der Waals surface area contributed by atoms with Crippen molar-refractivity contribution in [3.05, 3.63) is 53.1 Å². The van der Waals surface area contributed by atoms with Gasteiger partial charge in [0, 0.05) is 23.2 Å². The second kappa shape index (κ2) is 13.2. The zero-order valence-electron chi connectivity index (χ0n) is 24.1. The zero-order valence-corrected chi connectivity index (χ0v) is 24.1. The fourth-order valence-electron chi connectivity index (χ4n) is 5.77. The molecule has 1 aliphatic carbocycles. The van der Waals surface area contributed by atoms with Gasteiger partial charge in [-0.05, 0) is 75.2 Å². The number of ether oxygens (including phenoxy) is 2. The molecule has 45 heavy (non-hydrogen) atoms. The van der Waals surface area contributed by atoms with Crippen molar-refractivity contribution in [1.29, 1.82) is 0 Å². The van der Waals surface area contributed by atoms with E-state index in [2.05, 4.69) is 15.5 Å². The van der Waals surface area contributed by atoms with Crippen LogP contribution < -0.4 is 20.1 Å². The van der Waals surface area contributed by atoms with Crippen LogP contribution in [0.5, 0.6) is 11.5 Å². The van der Waals surface area contributed by atoms with E-state index in [1.165, 1.54) is 0 Å². The number of anilines is 1. The van der Waals surface area contributed by atoms with Crippen molar-refractivity contribution in [2.75, 3.05) is 33.1 Å². The Kier molecular flexibility index (Phi) is 10.5. The van der Waals surface area contributed by atoms with Crippen molar-refractivity contribution in [2.24, 2.45) is 0 Å². The molecule has 1 heterocycles. The van der Waals surface area contributed by atoms with Crippen molar-refractivity contribution < 1.29 is 63.7 Å². The lowest BCUT2D eigenvalue weighted by Gasteiger charge is -2.45. The quantitative estimate of drug-likeness (QED) is 0.310. The first-order chi connectivity index (χ1) is 20.7. The second-order valence-electron chi connectivity index (χ2n) is 10.6. The molecule has 1 saturated heterocycles. The number of aliphatic carboxylic acids is 1. The molecule has 1 aliphatic heterocycles. The third-order valence-corrected chi connectivity index (χ3v) is 7.91. The number of rotatable bonds is 5. The molecule has 8 nitrogen and oxygen atoms in total. The fourth-order valence-corrected chi connectivity index (χ4v) is 5.77. The van der Waals surface area contributed by atoms with E-state index in [0.717, 1.165) is 24.9 Å². The molecule has 0 radical (unpaired) electrons. The van der Waals surface area contributed by atoms with Crippen LogP contribution in [0.2, 0.25) is 0 Å². The molecule has 2 aromatic rings. The number of nitrogens with zero attached hydrogens (tertiary/aromatic N) is 1. The summed E-state index contributed by atoms with van der Waals surface area (Å²) in [5.74, 6) is -1.52. The number of carboxylic acids is 1. The lowest BCUT2D eigenvalue weighted by atomic mass is 9.65. The van der Waals surface area contributed by atoms with E-state index in [-0.39, 0.29) is 23.6 Å². The van der Waals surface area contributed by atoms with Crippen LogP contribution in [0, 0.1) is 0 Å². The lowest BCUT2D eigenvalue weighted by Crippen LogP contribution is -2.52. The number of likely N-dealkylation sites (tertiary alicyclic amines) is 1. The van der Waals surface area contributed by atoms with Gasteiger partial charge in [0.1, 0.15) is 0 Å². The van der Waals surface area contributed by atoms with E-state index in [1.54, 1.807) is 14.2 Å². The van der Waals surface area contributed by atoms with Gasteiger partial charge in [0.2, 0.25) is 0 Å². The Morgan fingerprint density at radius 3 is 1.93 bits per heavy atom. The number of likely N-dealkylation sites (N-methyl/N-ethyl adjacent to an activating group) is 1. The molecule has 0 unspecified atom stereocenters. The van der Waals surface area contributed by atoms with E-state index in [4.69, 9.17) is 19.4 Å². The highest BCUT2D eigenvalue weighted by Gasteiger charge is 2.50. The SMILES string of the molecule is COc1ccc([C@@]23CC[C@@H](NC(=O)Nc4cc(C(F)(F)F)cc(C(F)(F)F)c4)C[C@@H]2N(C)CC3)cc1OC.O=C(O)C(F)(F)F. The van der Waals surface area contributed by atoms with E-state index < -0.39 is 47.3 Å². The van der Waals surface area contributed by atoms with Gasteiger partial charge in [0.15, 0.2) is 11.5 Å². The lowest BCUT2D eigenvalue weighted by molar-refractivity contribution is -0.192. The van der Waals surface area contributed by atoms with Crippen LogP contribution in [0.25, 0.3) is 0 Å². The molecule has 0 bridgehead atoms. The number of halogens is 9. The van der Waals surface area contributed by atoms with Crippen LogP contribution >= 0.6 is 0 Å². The summed E-state index contributed by atoms with van der Waals surface area (Å²) in [4.78, 5) is 23.8. The molecule has 1 saturated carbocycles. The first-order valence-corrected chi connectivity index (χ1v) is 13.3. The third-order valence-electron chi connectivity index (χ3n) is 7.91. The number of urea groups is 1. The summed E-state index contributed by atoms with van der Waals surface area (Å²) in [7, 11) is 5.13. The van der Waals surface area contributed by atoms with Crippen LogP contribution in [0.15, 0.2) is 36.4 Å². The Morgan fingerprint density at radius 2 is 1.44 bits per heavy atom. The van der Waals surface area contributed by atoms with Gasteiger partial charge in [-0.3, -0.25) is 0 Å². The maximum Gasteiger partial charge on any atom is 0.490 e. The largest absolute Gasteiger partial charge is 0.493 e. The van der Waals surface area contributed by atoms with Crippen LogP contribution in [0.3, 0.4) is 0 Å². The standard InChI is InChI=1S/C26H29F6N3O3.C2HF3O2/c1-35-9-8-24(15-4-5-20(37-2)21(13-15)38-3)7-6-18(14-22(24)35)33-23(36)34-19-11-16(25(27,28)29)10-17(12-19)26(30,31)32;3-2(4,5)1(6)7/h4-5,10-13,18,22H,6-9,14H2,1-3H3,(H2,33,34,36);(H,6,7)/t18-,22+,24+;/m1./s1. The Bertz CT molecular complexity index is 1350. The summed E-state index contributed by atoms with van der Waals surface area (Å²) >= 11 is 0. The molecular formula is C28H30F9N3O5. The smallest absolute Gasteiger partial charge is 0.490 e. The van der Waals surface area contributed by atoms with Gasteiger partial charge in [-0.15, -0.1) is 0 Å². The number of hydrogen-bond donors (Lipinski definition) is 3. The van der Waals surface area contributed by atoms with Crippen molar-refractivity contribution in [1.82, 2.24) is 10.2 Å². The number of fused-ring (bicyclic) bond motifs is 1. The van der Waals surface area contributed by atoms with Crippen LogP contribution in [-0.2, 0) is 22.6 Å². The Balaban J connectivity index is 0.000000707. The number of carboxylic acid groups (broad SMARTS) is 1. The number of alkyl halides is 9. The summed E-state index contributed by atoms with van der Waals surface area (Å²) in [6.07, 6.45) is -12.3. The van der Waals surface area contributed by atoms with Crippen molar-refractivity contribution in [3.8, 4) is 11.5 Å². The molecule has 4 rings (SSSR count). The number of nitrogens with one attached hydrogen (secondary N) is 2. The van der Waals surface area contributed by atoms with Gasteiger partial charge in [0.25, 0.3) is 0 Å².